The number of anilines is 1. The third kappa shape index (κ3) is 1.74. The van der Waals surface area contributed by atoms with Crippen LogP contribution in [-0.4, -0.2) is 9.97 Å². The first-order valence-corrected chi connectivity index (χ1v) is 3.05. The number of nitrogens with zero attached hydrogens (tertiary/aromatic N) is 2. The van der Waals surface area contributed by atoms with E-state index in [-0.39, 0.29) is 11.1 Å². The first-order valence-electron chi connectivity index (χ1n) is 2.67. The maximum atomic E-state index is 12.0. The molecule has 0 bridgehead atoms. The molecule has 0 unspecified atom stereocenters. The molecule has 0 radical (unpaired) electrons. The van der Waals surface area contributed by atoms with Crippen LogP contribution < -0.4 is 5.73 Å². The summed E-state index contributed by atoms with van der Waals surface area (Å²) in [7, 11) is 0. The van der Waals surface area contributed by atoms with E-state index in [1.165, 1.54) is 0 Å². The Morgan fingerprint density at radius 3 is 2.64 bits per heavy atom. The fourth-order valence-corrected chi connectivity index (χ4v) is 0.690. The molecule has 0 aliphatic heterocycles. The van der Waals surface area contributed by atoms with Crippen molar-refractivity contribution in [3.8, 4) is 0 Å². The number of alkyl halides is 2. The highest BCUT2D eigenvalue weighted by molar-refractivity contribution is 6.28. The fourth-order valence-electron chi connectivity index (χ4n) is 0.550. The van der Waals surface area contributed by atoms with E-state index < -0.39 is 12.0 Å². The molecule has 0 spiro atoms. The van der Waals surface area contributed by atoms with Crippen molar-refractivity contribution in [3.63, 3.8) is 0 Å². The van der Waals surface area contributed by atoms with Crippen molar-refractivity contribution in [2.75, 3.05) is 5.73 Å². The van der Waals surface area contributed by atoms with Gasteiger partial charge in [-0.3, -0.25) is 0 Å². The molecule has 6 heteroatoms. The Hall–Kier alpha value is -0.970. The van der Waals surface area contributed by atoms with Crippen molar-refractivity contribution >= 4 is 17.4 Å². The Labute approximate surface area is 66.2 Å². The van der Waals surface area contributed by atoms with Gasteiger partial charge in [-0.25, -0.2) is 18.7 Å². The van der Waals surface area contributed by atoms with Gasteiger partial charge in [-0.2, -0.15) is 0 Å². The van der Waals surface area contributed by atoms with Crippen LogP contribution in [0.1, 0.15) is 12.0 Å². The summed E-state index contributed by atoms with van der Waals surface area (Å²) >= 11 is 5.27. The van der Waals surface area contributed by atoms with Gasteiger partial charge in [0.1, 0.15) is 5.82 Å². The number of nitrogens with two attached hydrogens (primary N) is 1. The second-order valence-corrected chi connectivity index (χ2v) is 2.12. The third-order valence-electron chi connectivity index (χ3n) is 1.05. The van der Waals surface area contributed by atoms with Crippen LogP contribution in [0.25, 0.3) is 0 Å². The lowest BCUT2D eigenvalue weighted by molar-refractivity contribution is 0.151. The number of nitrogen functional groups attached to an aromatic ring is 1. The van der Waals surface area contributed by atoms with Gasteiger partial charge in [-0.15, -0.1) is 0 Å². The first kappa shape index (κ1) is 8.13. The van der Waals surface area contributed by atoms with E-state index in [0.29, 0.717) is 0 Å². The van der Waals surface area contributed by atoms with Crippen molar-refractivity contribution in [1.82, 2.24) is 9.97 Å². The number of hydrogen-bond acceptors (Lipinski definition) is 3. The fraction of sp³-hybridized carbons (Fsp3) is 0.200. The van der Waals surface area contributed by atoms with Crippen molar-refractivity contribution in [2.24, 2.45) is 0 Å². The molecule has 60 valence electrons. The maximum Gasteiger partial charge on any atom is 0.268 e. The van der Waals surface area contributed by atoms with Crippen LogP contribution in [0, 0.1) is 0 Å². The van der Waals surface area contributed by atoms with Gasteiger partial charge in [0.15, 0.2) is 0 Å². The minimum atomic E-state index is -2.66. The van der Waals surface area contributed by atoms with E-state index in [0.717, 1.165) is 6.20 Å². The average Bonchev–Trinajstić information content (AvgIpc) is 1.85. The molecule has 0 aliphatic rings. The van der Waals surface area contributed by atoms with Gasteiger partial charge >= 0.3 is 0 Å². The molecule has 0 aromatic carbocycles. The Kier molecular flexibility index (Phi) is 2.19. The zero-order valence-corrected chi connectivity index (χ0v) is 6.02. The van der Waals surface area contributed by atoms with E-state index in [1.54, 1.807) is 0 Å². The molecule has 0 amide bonds. The lowest BCUT2D eigenvalue weighted by Gasteiger charge is -2.00. The Morgan fingerprint density at radius 1 is 1.55 bits per heavy atom. The van der Waals surface area contributed by atoms with Gasteiger partial charge < -0.3 is 5.73 Å². The molecule has 0 atom stereocenters. The van der Waals surface area contributed by atoms with Crippen LogP contribution in [0.5, 0.6) is 0 Å². The zero-order chi connectivity index (χ0) is 8.43. The molecule has 0 aliphatic carbocycles. The lowest BCUT2D eigenvalue weighted by atomic mass is 10.3. The summed E-state index contributed by atoms with van der Waals surface area (Å²) in [6.07, 6.45) is -1.75. The largest absolute Gasteiger partial charge is 0.383 e. The number of aromatic nitrogens is 2. The summed E-state index contributed by atoms with van der Waals surface area (Å²) in [5, 5.41) is -0.132. The van der Waals surface area contributed by atoms with Crippen LogP contribution >= 0.6 is 11.6 Å². The molecular weight excluding hydrogens is 176 g/mol. The van der Waals surface area contributed by atoms with Gasteiger partial charge in [0, 0.05) is 6.20 Å². The van der Waals surface area contributed by atoms with Gasteiger partial charge in [-0.1, -0.05) is 0 Å². The van der Waals surface area contributed by atoms with Gasteiger partial charge in [0.2, 0.25) is 5.28 Å². The monoisotopic (exact) mass is 179 g/mol. The molecule has 1 aromatic rings. The van der Waals surface area contributed by atoms with Crippen LogP contribution in [0.2, 0.25) is 5.28 Å². The number of rotatable bonds is 1. The molecule has 11 heavy (non-hydrogen) atoms. The molecule has 0 saturated carbocycles. The Balaban J connectivity index is 3.09. The molecule has 1 heterocycles. The maximum absolute atomic E-state index is 12.0. The molecule has 0 fully saturated rings. The molecule has 1 rings (SSSR count). The second-order valence-electron chi connectivity index (χ2n) is 1.78. The van der Waals surface area contributed by atoms with Crippen LogP contribution in [-0.2, 0) is 0 Å². The quantitative estimate of drug-likeness (QED) is 0.667. The zero-order valence-electron chi connectivity index (χ0n) is 5.26. The average molecular weight is 180 g/mol. The summed E-state index contributed by atoms with van der Waals surface area (Å²) in [5.41, 5.74) is 4.71. The van der Waals surface area contributed by atoms with Crippen LogP contribution in [0.4, 0.5) is 14.6 Å². The van der Waals surface area contributed by atoms with Crippen LogP contribution in [0.15, 0.2) is 6.20 Å². The normalized spacial score (nSPS) is 10.5. The summed E-state index contributed by atoms with van der Waals surface area (Å²) in [6, 6.07) is 0. The summed E-state index contributed by atoms with van der Waals surface area (Å²) in [5.74, 6) is -0.278. The smallest absolute Gasteiger partial charge is 0.268 e. The topological polar surface area (TPSA) is 51.8 Å². The minimum Gasteiger partial charge on any atom is -0.383 e. The summed E-state index contributed by atoms with van der Waals surface area (Å²) in [6.45, 7) is 0. The summed E-state index contributed by atoms with van der Waals surface area (Å²) in [4.78, 5) is 6.70. The van der Waals surface area contributed by atoms with E-state index >= 15 is 0 Å². The van der Waals surface area contributed by atoms with Crippen LogP contribution in [0.3, 0.4) is 0 Å². The van der Waals surface area contributed by atoms with Crippen molar-refractivity contribution in [3.05, 3.63) is 17.0 Å². The van der Waals surface area contributed by atoms with Gasteiger partial charge in [0.25, 0.3) is 6.43 Å². The van der Waals surface area contributed by atoms with E-state index in [2.05, 4.69) is 9.97 Å². The predicted octanol–water partition coefficient (Wildman–Crippen LogP) is 1.65. The molecular formula is C5H4ClF2N3. The lowest BCUT2D eigenvalue weighted by Crippen LogP contribution is -1.99. The highest BCUT2D eigenvalue weighted by Crippen LogP contribution is 2.22. The number of hydrogen-bond donors (Lipinski definition) is 1. The van der Waals surface area contributed by atoms with Crippen molar-refractivity contribution in [2.45, 2.75) is 6.43 Å². The van der Waals surface area contributed by atoms with Crippen molar-refractivity contribution in [1.29, 1.82) is 0 Å². The molecule has 2 N–H and O–H groups in total. The Morgan fingerprint density at radius 2 is 2.18 bits per heavy atom. The van der Waals surface area contributed by atoms with Crippen molar-refractivity contribution < 1.29 is 8.78 Å². The Bertz CT molecular complexity index is 266. The molecule has 0 saturated heterocycles. The van der Waals surface area contributed by atoms with E-state index in [1.807, 2.05) is 0 Å². The summed E-state index contributed by atoms with van der Waals surface area (Å²) < 4.78 is 23.9. The van der Waals surface area contributed by atoms with E-state index in [4.69, 9.17) is 17.3 Å². The van der Waals surface area contributed by atoms with E-state index in [9.17, 15) is 8.78 Å². The standard InChI is InChI=1S/C5H4ClF2N3/c6-5-10-1-2(3(7)8)4(9)11-5/h1,3H,(H2,9,10,11). The predicted molar refractivity (Wildman–Crippen MR) is 36.4 cm³/mol. The molecule has 1 aromatic heterocycles. The molecule has 3 nitrogen and oxygen atoms in total. The SMILES string of the molecule is Nc1nc(Cl)ncc1C(F)F. The number of halogens is 3. The highest BCUT2D eigenvalue weighted by Gasteiger charge is 2.12. The van der Waals surface area contributed by atoms with Gasteiger partial charge in [-0.05, 0) is 11.6 Å². The third-order valence-corrected chi connectivity index (χ3v) is 1.24. The van der Waals surface area contributed by atoms with Gasteiger partial charge in [0.05, 0.1) is 5.56 Å². The first-order chi connectivity index (χ1) is 5.11. The highest BCUT2D eigenvalue weighted by atomic mass is 35.5. The second kappa shape index (κ2) is 2.96. The minimum absolute atomic E-state index is 0.132.